The van der Waals surface area contributed by atoms with E-state index in [4.69, 9.17) is 26.7 Å². The van der Waals surface area contributed by atoms with Crippen LogP contribution in [0.2, 0.25) is 5.02 Å². The molecule has 0 aromatic heterocycles. The Bertz CT molecular complexity index is 525. The first-order chi connectivity index (χ1) is 9.04. The Morgan fingerprint density at radius 1 is 1.47 bits per heavy atom. The number of nitrogens with zero attached hydrogens (tertiary/aromatic N) is 1. The standard InChI is InChI=1S/C12H11ClN2O4/c13-10-3-2-8(6-9(10)12(17)18)19-7-11(16)15-5-1-4-14/h2-3,6H,1,5,7H2,(H,15,16)(H,17,18). The predicted octanol–water partition coefficient (Wildman–Crippen LogP) is 1.45. The van der Waals surface area contributed by atoms with Gasteiger partial charge in [-0.25, -0.2) is 4.79 Å². The lowest BCUT2D eigenvalue weighted by atomic mass is 10.2. The van der Waals surface area contributed by atoms with Crippen LogP contribution in [0, 0.1) is 11.3 Å². The number of carbonyl (C=O) groups excluding carboxylic acids is 1. The fourth-order valence-corrected chi connectivity index (χ4v) is 1.41. The van der Waals surface area contributed by atoms with Gasteiger partial charge in [-0.3, -0.25) is 4.79 Å². The molecule has 2 N–H and O–H groups in total. The molecule has 0 saturated carbocycles. The molecule has 0 radical (unpaired) electrons. The molecule has 0 heterocycles. The number of nitriles is 1. The monoisotopic (exact) mass is 282 g/mol. The number of ether oxygens (including phenoxy) is 1. The van der Waals surface area contributed by atoms with Crippen molar-refractivity contribution in [3.63, 3.8) is 0 Å². The lowest BCUT2D eigenvalue weighted by Crippen LogP contribution is -2.29. The van der Waals surface area contributed by atoms with E-state index >= 15 is 0 Å². The van der Waals surface area contributed by atoms with Gasteiger partial charge in [0, 0.05) is 6.54 Å². The molecule has 6 nitrogen and oxygen atoms in total. The fraction of sp³-hybridized carbons (Fsp3) is 0.250. The van der Waals surface area contributed by atoms with Gasteiger partial charge in [-0.2, -0.15) is 5.26 Å². The first kappa shape index (κ1) is 14.8. The number of nitrogens with one attached hydrogen (secondary N) is 1. The minimum atomic E-state index is -1.17. The molecule has 7 heteroatoms. The van der Waals surface area contributed by atoms with Crippen molar-refractivity contribution in [2.24, 2.45) is 0 Å². The van der Waals surface area contributed by atoms with Gasteiger partial charge >= 0.3 is 5.97 Å². The minimum Gasteiger partial charge on any atom is -0.484 e. The second kappa shape index (κ2) is 7.24. The van der Waals surface area contributed by atoms with E-state index in [2.05, 4.69) is 5.32 Å². The number of hydrogen-bond acceptors (Lipinski definition) is 4. The zero-order valence-electron chi connectivity index (χ0n) is 9.85. The van der Waals surface area contributed by atoms with Crippen molar-refractivity contribution < 1.29 is 19.4 Å². The lowest BCUT2D eigenvalue weighted by Gasteiger charge is -2.07. The zero-order chi connectivity index (χ0) is 14.3. The minimum absolute atomic E-state index is 0.0935. The summed E-state index contributed by atoms with van der Waals surface area (Å²) in [5.41, 5.74) is -0.0935. The van der Waals surface area contributed by atoms with E-state index in [1.54, 1.807) is 0 Å². The van der Waals surface area contributed by atoms with Crippen LogP contribution in [0.5, 0.6) is 5.75 Å². The highest BCUT2D eigenvalue weighted by Crippen LogP contribution is 2.21. The molecule has 1 amide bonds. The number of amides is 1. The summed E-state index contributed by atoms with van der Waals surface area (Å²) in [6.45, 7) is -0.00813. The number of rotatable bonds is 6. The molecule has 19 heavy (non-hydrogen) atoms. The van der Waals surface area contributed by atoms with E-state index < -0.39 is 5.97 Å². The first-order valence-corrected chi connectivity index (χ1v) is 5.71. The molecule has 1 rings (SSSR count). The summed E-state index contributed by atoms with van der Waals surface area (Å²) in [7, 11) is 0. The van der Waals surface area contributed by atoms with E-state index in [-0.39, 0.29) is 41.8 Å². The van der Waals surface area contributed by atoms with Crippen molar-refractivity contribution in [3.05, 3.63) is 28.8 Å². The second-order valence-corrected chi connectivity index (χ2v) is 3.90. The molecule has 1 aromatic carbocycles. The second-order valence-electron chi connectivity index (χ2n) is 3.49. The van der Waals surface area contributed by atoms with Crippen LogP contribution in [0.25, 0.3) is 0 Å². The predicted molar refractivity (Wildman–Crippen MR) is 67.1 cm³/mol. The fourth-order valence-electron chi connectivity index (χ4n) is 1.22. The number of benzene rings is 1. The number of hydrogen-bond donors (Lipinski definition) is 2. The Morgan fingerprint density at radius 3 is 2.84 bits per heavy atom. The summed E-state index contributed by atoms with van der Waals surface area (Å²) < 4.78 is 5.13. The van der Waals surface area contributed by atoms with Gasteiger partial charge in [0.15, 0.2) is 6.61 Å². The third-order valence-corrected chi connectivity index (χ3v) is 2.43. The summed E-state index contributed by atoms with van der Waals surface area (Å²) >= 11 is 5.69. The van der Waals surface area contributed by atoms with E-state index in [1.165, 1.54) is 18.2 Å². The van der Waals surface area contributed by atoms with Crippen LogP contribution in [0.4, 0.5) is 0 Å². The summed E-state index contributed by atoms with van der Waals surface area (Å²) in [6, 6.07) is 5.98. The van der Waals surface area contributed by atoms with Crippen LogP contribution in [-0.4, -0.2) is 30.1 Å². The van der Waals surface area contributed by atoms with Gasteiger partial charge in [-0.15, -0.1) is 0 Å². The normalized spacial score (nSPS) is 9.47. The molecule has 0 aliphatic carbocycles. The maximum absolute atomic E-state index is 11.3. The average molecular weight is 283 g/mol. The number of carboxylic acid groups (broad SMARTS) is 1. The molecule has 0 atom stereocenters. The van der Waals surface area contributed by atoms with E-state index in [0.717, 1.165) is 0 Å². The topological polar surface area (TPSA) is 99.4 Å². The van der Waals surface area contributed by atoms with Crippen molar-refractivity contribution in [2.75, 3.05) is 13.2 Å². The smallest absolute Gasteiger partial charge is 0.337 e. The van der Waals surface area contributed by atoms with E-state index in [9.17, 15) is 9.59 Å². The lowest BCUT2D eigenvalue weighted by molar-refractivity contribution is -0.123. The van der Waals surface area contributed by atoms with Crippen molar-refractivity contribution in [2.45, 2.75) is 6.42 Å². The van der Waals surface area contributed by atoms with Gasteiger partial charge in [0.25, 0.3) is 5.91 Å². The molecule has 0 saturated heterocycles. The van der Waals surface area contributed by atoms with Crippen LogP contribution in [0.3, 0.4) is 0 Å². The molecular weight excluding hydrogens is 272 g/mol. The van der Waals surface area contributed by atoms with Gasteiger partial charge in [-0.1, -0.05) is 11.6 Å². The SMILES string of the molecule is N#CCCNC(=O)COc1ccc(Cl)c(C(=O)O)c1. The Kier molecular flexibility index (Phi) is 5.64. The molecule has 0 spiro atoms. The van der Waals surface area contributed by atoms with Crippen molar-refractivity contribution in [1.29, 1.82) is 5.26 Å². The molecule has 0 aliphatic rings. The van der Waals surface area contributed by atoms with Crippen LogP contribution < -0.4 is 10.1 Å². The highest BCUT2D eigenvalue weighted by Gasteiger charge is 2.10. The zero-order valence-corrected chi connectivity index (χ0v) is 10.6. The number of aromatic carboxylic acids is 1. The Hall–Kier alpha value is -2.26. The molecule has 1 aromatic rings. The van der Waals surface area contributed by atoms with Crippen LogP contribution in [0.1, 0.15) is 16.8 Å². The van der Waals surface area contributed by atoms with Gasteiger partial charge in [-0.05, 0) is 18.2 Å². The van der Waals surface area contributed by atoms with E-state index in [1.807, 2.05) is 6.07 Å². The Labute approximate surface area is 114 Å². The van der Waals surface area contributed by atoms with Crippen molar-refractivity contribution >= 4 is 23.5 Å². The molecule has 0 bridgehead atoms. The summed E-state index contributed by atoms with van der Waals surface area (Å²) in [5, 5.41) is 19.7. The van der Waals surface area contributed by atoms with Gasteiger partial charge in [0.05, 0.1) is 23.1 Å². The third kappa shape index (κ3) is 4.85. The molecule has 0 aliphatic heterocycles. The third-order valence-electron chi connectivity index (χ3n) is 2.10. The average Bonchev–Trinajstić information content (AvgIpc) is 2.37. The van der Waals surface area contributed by atoms with Gasteiger partial charge in [0.1, 0.15) is 5.75 Å². The number of carboxylic acids is 1. The molecule has 0 fully saturated rings. The first-order valence-electron chi connectivity index (χ1n) is 5.34. The Morgan fingerprint density at radius 2 is 2.21 bits per heavy atom. The summed E-state index contributed by atoms with van der Waals surface area (Å²) in [4.78, 5) is 22.1. The highest BCUT2D eigenvalue weighted by molar-refractivity contribution is 6.33. The Balaban J connectivity index is 2.54. The maximum Gasteiger partial charge on any atom is 0.337 e. The largest absolute Gasteiger partial charge is 0.484 e. The summed E-state index contributed by atoms with van der Waals surface area (Å²) in [6.07, 6.45) is 0.218. The van der Waals surface area contributed by atoms with E-state index in [0.29, 0.717) is 0 Å². The van der Waals surface area contributed by atoms with Crippen molar-refractivity contribution in [1.82, 2.24) is 5.32 Å². The van der Waals surface area contributed by atoms with Crippen LogP contribution in [-0.2, 0) is 4.79 Å². The van der Waals surface area contributed by atoms with Crippen LogP contribution >= 0.6 is 11.6 Å². The quantitative estimate of drug-likeness (QED) is 0.769. The number of carbonyl (C=O) groups is 2. The van der Waals surface area contributed by atoms with Gasteiger partial charge < -0.3 is 15.2 Å². The summed E-state index contributed by atoms with van der Waals surface area (Å²) in [5.74, 6) is -1.33. The van der Waals surface area contributed by atoms with Crippen LogP contribution in [0.15, 0.2) is 18.2 Å². The maximum atomic E-state index is 11.3. The van der Waals surface area contributed by atoms with Gasteiger partial charge in [0.2, 0.25) is 0 Å². The molecule has 0 unspecified atom stereocenters. The van der Waals surface area contributed by atoms with Crippen molar-refractivity contribution in [3.8, 4) is 11.8 Å². The highest BCUT2D eigenvalue weighted by atomic mass is 35.5. The molecular formula is C12H11ClN2O4. The molecule has 100 valence electrons. The number of halogens is 1.